The van der Waals surface area contributed by atoms with Crippen molar-refractivity contribution in [3.05, 3.63) is 22.3 Å². The molecule has 6 nitrogen and oxygen atoms in total. The first-order valence-corrected chi connectivity index (χ1v) is 22.2. The summed E-state index contributed by atoms with van der Waals surface area (Å²) in [6, 6.07) is 0. The minimum Gasteiger partial charge on any atom is -0.358 e. The van der Waals surface area contributed by atoms with Gasteiger partial charge in [-0.15, -0.1) is 0 Å². The maximum atomic E-state index is 2.39. The lowest BCUT2D eigenvalue weighted by Gasteiger charge is -2.43. The van der Waals surface area contributed by atoms with E-state index in [1.807, 2.05) is 0 Å². The van der Waals surface area contributed by atoms with Crippen LogP contribution in [0.25, 0.3) is 0 Å². The molecule has 0 aliphatic rings. The molecule has 0 fully saturated rings. The van der Waals surface area contributed by atoms with Gasteiger partial charge in [0.25, 0.3) is 0 Å². The van der Waals surface area contributed by atoms with Gasteiger partial charge in [0.1, 0.15) is 0 Å². The van der Waals surface area contributed by atoms with Gasteiger partial charge in [-0.05, 0) is 133 Å². The van der Waals surface area contributed by atoms with Crippen LogP contribution in [0.15, 0.2) is 0 Å². The molecule has 546 valence electrons. The maximum Gasteiger partial charge on any atom is 0.0952 e. The minimum atomic E-state index is 0. The predicted molar refractivity (Wildman–Crippen MR) is 431 cm³/mol. The molecular weight excluding hydrogens is 973 g/mol. The fraction of sp³-hybridized carbons (Fsp3) is 0.959. The number of hydrogen-bond acceptors (Lipinski definition) is 3. The number of rotatable bonds is 18. The van der Waals surface area contributed by atoms with Crippen LogP contribution >= 0.6 is 0 Å². The van der Waals surface area contributed by atoms with Crippen molar-refractivity contribution in [1.82, 2.24) is 14.7 Å². The molecular formula is C74H220N6. The molecule has 0 unspecified atom stereocenters. The molecule has 0 radical (unpaired) electrons. The third-order valence-corrected chi connectivity index (χ3v) is 13.5. The lowest BCUT2D eigenvalue weighted by Crippen LogP contribution is -2.54. The van der Waals surface area contributed by atoms with Gasteiger partial charge in [-0.25, -0.2) is 0 Å². The molecule has 0 saturated heterocycles. The van der Waals surface area contributed by atoms with Gasteiger partial charge in [-0.1, -0.05) is 261 Å². The second-order valence-corrected chi connectivity index (χ2v) is 20.1. The van der Waals surface area contributed by atoms with Crippen molar-refractivity contribution in [3.8, 4) is 0 Å². The molecule has 0 spiro atoms. The Morgan fingerprint density at radius 3 is 0.550 bits per heavy atom. The van der Waals surface area contributed by atoms with E-state index in [0.29, 0.717) is 21.9 Å². The van der Waals surface area contributed by atoms with E-state index in [9.17, 15) is 0 Å². The van der Waals surface area contributed by atoms with Gasteiger partial charge < -0.3 is 50.4 Å². The Kier molecular flexibility index (Phi) is 321. The lowest BCUT2D eigenvalue weighted by molar-refractivity contribution is -0.922. The lowest BCUT2D eigenvalue weighted by atomic mass is 9.84. The monoisotopic (exact) mass is 1190 g/mol. The topological polar surface area (TPSA) is 9.72 Å². The second kappa shape index (κ2) is 114. The van der Waals surface area contributed by atoms with Crippen LogP contribution in [-0.4, -0.2) is 170 Å². The van der Waals surface area contributed by atoms with Crippen molar-refractivity contribution in [2.45, 2.75) is 351 Å². The third kappa shape index (κ3) is 128. The molecule has 0 saturated carbocycles. The SMILES string of the molecule is C.C.C.C.C.C.C.C.C.C.C.C.C.C.C.C.C.C.C.C.C.C.C.C.CCC(C)(CC)CN(C)C.CCC(C)(CC)C[N+](C)(C)C.CCC(C)(CC)N(C)C.CCC(C)(CC)[N+](C)(C)C.CCN(C)CC.CC[N+](C)(C)CC.[CH3-].[CH3-].[CH3-]. The van der Waals surface area contributed by atoms with Crippen molar-refractivity contribution in [3.63, 3.8) is 0 Å². The highest BCUT2D eigenvalue weighted by Gasteiger charge is 2.33. The Morgan fingerprint density at radius 2 is 0.525 bits per heavy atom. The predicted octanol–water partition coefficient (Wildman–Crippen LogP) is 28.0. The van der Waals surface area contributed by atoms with Crippen molar-refractivity contribution >= 4 is 0 Å². The maximum absolute atomic E-state index is 2.39. The van der Waals surface area contributed by atoms with Gasteiger partial charge in [-0.2, -0.15) is 0 Å². The van der Waals surface area contributed by atoms with Crippen LogP contribution in [0.1, 0.15) is 340 Å². The molecule has 6 heteroatoms. The van der Waals surface area contributed by atoms with Crippen LogP contribution < -0.4 is 0 Å². The molecule has 0 N–H and O–H groups in total. The van der Waals surface area contributed by atoms with Crippen LogP contribution in [0.2, 0.25) is 0 Å². The summed E-state index contributed by atoms with van der Waals surface area (Å²) >= 11 is 0. The van der Waals surface area contributed by atoms with E-state index in [1.165, 1.54) is 77.5 Å². The van der Waals surface area contributed by atoms with Gasteiger partial charge in [0.15, 0.2) is 0 Å². The molecule has 0 atom stereocenters. The smallest absolute Gasteiger partial charge is 0.0952 e. The van der Waals surface area contributed by atoms with Gasteiger partial charge in [0.05, 0.1) is 81.6 Å². The normalized spacial score (nSPS) is 8.40. The van der Waals surface area contributed by atoms with Crippen molar-refractivity contribution in [2.24, 2.45) is 10.8 Å². The molecule has 0 heterocycles. The molecule has 0 rings (SSSR count). The highest BCUT2D eigenvalue weighted by molar-refractivity contribution is 4.78. The summed E-state index contributed by atoms with van der Waals surface area (Å²) in [7, 11) is 28.8. The zero-order valence-corrected chi connectivity index (χ0v) is 46.6. The second-order valence-electron chi connectivity index (χ2n) is 20.1. The van der Waals surface area contributed by atoms with Crippen molar-refractivity contribution in [1.29, 1.82) is 0 Å². The highest BCUT2D eigenvalue weighted by Crippen LogP contribution is 2.28. The van der Waals surface area contributed by atoms with Gasteiger partial charge in [0, 0.05) is 17.5 Å². The van der Waals surface area contributed by atoms with E-state index in [2.05, 4.69) is 217 Å². The van der Waals surface area contributed by atoms with Gasteiger partial charge in [0.2, 0.25) is 0 Å². The summed E-state index contributed by atoms with van der Waals surface area (Å²) in [6.07, 6.45) is 10.1. The van der Waals surface area contributed by atoms with Gasteiger partial charge >= 0.3 is 0 Å². The van der Waals surface area contributed by atoms with Crippen LogP contribution in [0.3, 0.4) is 0 Å². The molecule has 0 aliphatic heterocycles. The zero-order valence-electron chi connectivity index (χ0n) is 46.6. The summed E-state index contributed by atoms with van der Waals surface area (Å²) < 4.78 is 3.29. The van der Waals surface area contributed by atoms with Gasteiger partial charge in [-0.3, -0.25) is 0 Å². The average molecular weight is 1190 g/mol. The Labute approximate surface area is 541 Å². The molecule has 0 bridgehead atoms. The van der Waals surface area contributed by atoms with Crippen molar-refractivity contribution < 1.29 is 13.4 Å². The number of quaternary nitrogens is 3. The molecule has 0 amide bonds. The van der Waals surface area contributed by atoms with E-state index < -0.39 is 0 Å². The van der Waals surface area contributed by atoms with E-state index in [-0.39, 0.29) is 201 Å². The van der Waals surface area contributed by atoms with Crippen LogP contribution in [0.5, 0.6) is 0 Å². The van der Waals surface area contributed by atoms with Crippen molar-refractivity contribution in [2.75, 3.05) is 131 Å². The van der Waals surface area contributed by atoms with E-state index in [1.54, 1.807) is 0 Å². The Balaban J connectivity index is -0.0000000101. The Morgan fingerprint density at radius 1 is 0.312 bits per heavy atom. The first kappa shape index (κ1) is 226. The third-order valence-electron chi connectivity index (χ3n) is 13.5. The Bertz CT molecular complexity index is 753. The van der Waals surface area contributed by atoms with Crippen LogP contribution in [0, 0.1) is 33.1 Å². The molecule has 0 aromatic heterocycles. The molecule has 0 aliphatic carbocycles. The average Bonchev–Trinajstić information content (AvgIpc) is 3.10. The fourth-order valence-electron chi connectivity index (χ4n) is 5.38. The van der Waals surface area contributed by atoms with Crippen LogP contribution in [-0.2, 0) is 0 Å². The largest absolute Gasteiger partial charge is 0.358 e. The molecule has 0 aromatic rings. The minimum absolute atomic E-state index is 0. The standard InChI is InChI=1S/C10H24N.C9H22N.C9H21N.C8H19N.C6H16N.C5H13N.24CH4.3CH3/c1-7-10(3,8-2)9-11(4,5)6;1-7-9(3,8-2)10(4,5)6;1-6-9(3,7-2)8-10(4)5;1-6-8(3,7-2)9(4)5;1-5-7(3,4)6-2;1-4-6(3)5-2;;;;;;;;;;;;;;;;;;;;;;;;;;;/h7-9H2,1-6H3;7-8H2,1-6H3;6-8H2,1-5H3;6-7H2,1-5H3;5-6H2,1-4H3;4-5H2,1-3H3;24*1H4;3*1H3/q2*+1;;;+1;;;;;;;;;;;;;;;;;;;;;;;;;;3*-1. The van der Waals surface area contributed by atoms with E-state index >= 15 is 0 Å². The number of nitrogens with zero attached hydrogens (tertiary/aromatic N) is 6. The fourth-order valence-corrected chi connectivity index (χ4v) is 5.38. The van der Waals surface area contributed by atoms with Crippen LogP contribution in [0.4, 0.5) is 0 Å². The zero-order chi connectivity index (χ0) is 44.1. The quantitative estimate of drug-likeness (QED) is 0.100. The summed E-state index contributed by atoms with van der Waals surface area (Å²) in [6.45, 7) is 43.6. The van der Waals surface area contributed by atoms with E-state index in [4.69, 9.17) is 0 Å². The summed E-state index contributed by atoms with van der Waals surface area (Å²) in [4.78, 5) is 6.82. The summed E-state index contributed by atoms with van der Waals surface area (Å²) in [5, 5.41) is 0. The summed E-state index contributed by atoms with van der Waals surface area (Å²) in [5.74, 6) is 0. The number of hydrogen-bond donors (Lipinski definition) is 0. The molecule has 0 aromatic carbocycles. The molecule has 80 heavy (non-hydrogen) atoms. The van der Waals surface area contributed by atoms with E-state index in [0.717, 1.165) is 26.5 Å². The summed E-state index contributed by atoms with van der Waals surface area (Å²) in [5.41, 5.74) is 1.95. The first-order chi connectivity index (χ1) is 23.7. The highest BCUT2D eigenvalue weighted by atomic mass is 15.3. The Hall–Kier alpha value is -0.240. The first-order valence-electron chi connectivity index (χ1n) is 22.2.